The number of rotatable bonds is 5. The minimum Gasteiger partial charge on any atom is -0.321 e. The summed E-state index contributed by atoms with van der Waals surface area (Å²) in [5, 5.41) is 14.0. The van der Waals surface area contributed by atoms with E-state index in [1.54, 1.807) is 31.2 Å². The Hall–Kier alpha value is -3.85. The number of aromatic nitrogens is 2. The van der Waals surface area contributed by atoms with E-state index in [9.17, 15) is 19.7 Å². The van der Waals surface area contributed by atoms with Gasteiger partial charge < -0.3 is 10.3 Å². The molecule has 0 aliphatic heterocycles. The van der Waals surface area contributed by atoms with Gasteiger partial charge in [-0.1, -0.05) is 30.3 Å². The number of para-hydroxylation sites is 1. The standard InChI is InChI=1S/C21H16N4O4S/c1-12-17-19(26)23-16(11-13-7-9-15(10-8-13)25(28)29)24-21(17)30-18(12)20(27)22-14-5-3-2-4-6-14/h2-10H,11H2,1H3,(H,22,27)(H,23,24,26). The minimum atomic E-state index is -0.466. The normalized spacial score (nSPS) is 10.8. The number of nitrogens with one attached hydrogen (secondary N) is 2. The van der Waals surface area contributed by atoms with Crippen LogP contribution in [-0.2, 0) is 6.42 Å². The lowest BCUT2D eigenvalue weighted by Gasteiger charge is -2.03. The van der Waals surface area contributed by atoms with Crippen LogP contribution in [-0.4, -0.2) is 20.8 Å². The van der Waals surface area contributed by atoms with Gasteiger partial charge >= 0.3 is 0 Å². The van der Waals surface area contributed by atoms with Crippen molar-refractivity contribution < 1.29 is 9.72 Å². The number of aryl methyl sites for hydroxylation is 1. The number of carbonyl (C=O) groups is 1. The van der Waals surface area contributed by atoms with Gasteiger partial charge in [-0.25, -0.2) is 4.98 Å². The fraction of sp³-hybridized carbons (Fsp3) is 0.0952. The van der Waals surface area contributed by atoms with Crippen LogP contribution in [0.25, 0.3) is 10.2 Å². The first kappa shape index (κ1) is 19.5. The fourth-order valence-corrected chi connectivity index (χ4v) is 4.22. The van der Waals surface area contributed by atoms with Crippen LogP contribution >= 0.6 is 11.3 Å². The van der Waals surface area contributed by atoms with Crippen LogP contribution < -0.4 is 10.9 Å². The zero-order chi connectivity index (χ0) is 21.3. The lowest BCUT2D eigenvalue weighted by Crippen LogP contribution is -2.13. The number of nitro groups is 1. The second-order valence-corrected chi connectivity index (χ2v) is 7.67. The van der Waals surface area contributed by atoms with Crippen molar-refractivity contribution in [2.45, 2.75) is 13.3 Å². The number of carbonyl (C=O) groups excluding carboxylic acids is 1. The number of thiophene rings is 1. The van der Waals surface area contributed by atoms with E-state index in [-0.39, 0.29) is 17.2 Å². The Bertz CT molecular complexity index is 1310. The summed E-state index contributed by atoms with van der Waals surface area (Å²) in [5.41, 5.74) is 1.71. The van der Waals surface area contributed by atoms with Crippen molar-refractivity contribution in [1.82, 2.24) is 9.97 Å². The number of nitro benzene ring substituents is 1. The lowest BCUT2D eigenvalue weighted by molar-refractivity contribution is -0.384. The maximum Gasteiger partial charge on any atom is 0.269 e. The molecule has 0 saturated heterocycles. The quantitative estimate of drug-likeness (QED) is 0.373. The highest BCUT2D eigenvalue weighted by atomic mass is 32.1. The Morgan fingerprint density at radius 3 is 2.53 bits per heavy atom. The molecule has 0 aliphatic carbocycles. The Morgan fingerprint density at radius 2 is 1.87 bits per heavy atom. The molecule has 4 rings (SSSR count). The Morgan fingerprint density at radius 1 is 1.17 bits per heavy atom. The highest BCUT2D eigenvalue weighted by molar-refractivity contribution is 7.20. The third-order valence-electron chi connectivity index (χ3n) is 4.61. The number of H-pyrrole nitrogens is 1. The largest absolute Gasteiger partial charge is 0.321 e. The maximum atomic E-state index is 12.7. The van der Waals surface area contributed by atoms with Gasteiger partial charge in [0.2, 0.25) is 0 Å². The first-order valence-electron chi connectivity index (χ1n) is 9.04. The summed E-state index contributed by atoms with van der Waals surface area (Å²) in [7, 11) is 0. The predicted octanol–water partition coefficient (Wildman–Crippen LogP) is 4.04. The van der Waals surface area contributed by atoms with Gasteiger partial charge in [0.15, 0.2) is 0 Å². The van der Waals surface area contributed by atoms with E-state index in [0.717, 1.165) is 16.9 Å². The Labute approximate surface area is 174 Å². The molecule has 150 valence electrons. The highest BCUT2D eigenvalue weighted by Gasteiger charge is 2.19. The number of anilines is 1. The third kappa shape index (κ3) is 3.83. The summed E-state index contributed by atoms with van der Waals surface area (Å²) in [6, 6.07) is 15.1. The molecule has 0 radical (unpaired) electrons. The van der Waals surface area contributed by atoms with Crippen molar-refractivity contribution in [1.29, 1.82) is 0 Å². The number of fused-ring (bicyclic) bond motifs is 1. The summed E-state index contributed by atoms with van der Waals surface area (Å²) in [6.07, 6.45) is 0.311. The topological polar surface area (TPSA) is 118 Å². The Balaban J connectivity index is 1.64. The van der Waals surface area contributed by atoms with Crippen molar-refractivity contribution in [3.63, 3.8) is 0 Å². The summed E-state index contributed by atoms with van der Waals surface area (Å²) >= 11 is 1.16. The zero-order valence-electron chi connectivity index (χ0n) is 15.8. The smallest absolute Gasteiger partial charge is 0.269 e. The first-order valence-corrected chi connectivity index (χ1v) is 9.86. The molecule has 30 heavy (non-hydrogen) atoms. The van der Waals surface area contributed by atoms with E-state index in [4.69, 9.17) is 0 Å². The van der Waals surface area contributed by atoms with Gasteiger partial charge in [-0.15, -0.1) is 11.3 Å². The number of non-ortho nitro benzene ring substituents is 1. The van der Waals surface area contributed by atoms with Crippen LogP contribution in [0.4, 0.5) is 11.4 Å². The molecular weight excluding hydrogens is 404 g/mol. The molecule has 2 heterocycles. The summed E-state index contributed by atoms with van der Waals surface area (Å²) in [5.74, 6) is 0.135. The predicted molar refractivity (Wildman–Crippen MR) is 115 cm³/mol. The third-order valence-corrected chi connectivity index (χ3v) is 5.79. The second-order valence-electron chi connectivity index (χ2n) is 6.67. The molecule has 0 fully saturated rings. The molecule has 0 bridgehead atoms. The number of benzene rings is 2. The molecule has 1 amide bonds. The van der Waals surface area contributed by atoms with Crippen LogP contribution in [0.15, 0.2) is 59.4 Å². The van der Waals surface area contributed by atoms with E-state index >= 15 is 0 Å². The van der Waals surface area contributed by atoms with Crippen molar-refractivity contribution in [2.75, 3.05) is 5.32 Å². The molecular formula is C21H16N4O4S. The van der Waals surface area contributed by atoms with Crippen molar-refractivity contribution in [3.05, 3.63) is 96.9 Å². The lowest BCUT2D eigenvalue weighted by atomic mass is 10.1. The van der Waals surface area contributed by atoms with E-state index in [1.807, 2.05) is 18.2 Å². The van der Waals surface area contributed by atoms with Gasteiger partial charge in [0.1, 0.15) is 10.7 Å². The van der Waals surface area contributed by atoms with Crippen LogP contribution in [0, 0.1) is 17.0 Å². The summed E-state index contributed by atoms with van der Waals surface area (Å²) in [6.45, 7) is 1.73. The molecule has 4 aromatic rings. The van der Waals surface area contributed by atoms with Gasteiger partial charge in [0, 0.05) is 24.2 Å². The minimum absolute atomic E-state index is 0.00129. The number of hydrogen-bond donors (Lipinski definition) is 2. The van der Waals surface area contributed by atoms with Crippen LogP contribution in [0.2, 0.25) is 0 Å². The summed E-state index contributed by atoms with van der Waals surface area (Å²) in [4.78, 5) is 43.8. The molecule has 9 heteroatoms. The SMILES string of the molecule is Cc1c(C(=O)Nc2ccccc2)sc2nc(Cc3ccc([N+](=O)[O-])cc3)[nH]c(=O)c12. The maximum absolute atomic E-state index is 12.7. The Kier molecular flexibility index (Phi) is 5.11. The van der Waals surface area contributed by atoms with Gasteiger partial charge in [0.05, 0.1) is 15.2 Å². The van der Waals surface area contributed by atoms with Gasteiger partial charge in [-0.2, -0.15) is 0 Å². The number of amides is 1. The fourth-order valence-electron chi connectivity index (χ4n) is 3.13. The molecule has 0 spiro atoms. The number of nitrogens with zero attached hydrogens (tertiary/aromatic N) is 2. The average Bonchev–Trinajstić information content (AvgIpc) is 3.06. The van der Waals surface area contributed by atoms with Crippen LogP contribution in [0.5, 0.6) is 0 Å². The molecule has 0 unspecified atom stereocenters. The van der Waals surface area contributed by atoms with Crippen molar-refractivity contribution in [3.8, 4) is 0 Å². The van der Waals surface area contributed by atoms with Crippen LogP contribution in [0.3, 0.4) is 0 Å². The van der Waals surface area contributed by atoms with Gasteiger partial charge in [-0.05, 0) is 30.2 Å². The van der Waals surface area contributed by atoms with Crippen molar-refractivity contribution >= 4 is 38.8 Å². The van der Waals surface area contributed by atoms with Gasteiger partial charge in [0.25, 0.3) is 17.2 Å². The van der Waals surface area contributed by atoms with Crippen molar-refractivity contribution in [2.24, 2.45) is 0 Å². The zero-order valence-corrected chi connectivity index (χ0v) is 16.7. The number of aromatic amines is 1. The van der Waals surface area contributed by atoms with E-state index < -0.39 is 4.92 Å². The average molecular weight is 420 g/mol. The molecule has 2 aromatic carbocycles. The monoisotopic (exact) mass is 420 g/mol. The summed E-state index contributed by atoms with van der Waals surface area (Å²) < 4.78 is 0. The van der Waals surface area contributed by atoms with E-state index in [1.165, 1.54) is 12.1 Å². The van der Waals surface area contributed by atoms with Crippen LogP contribution in [0.1, 0.15) is 26.6 Å². The molecule has 0 atom stereocenters. The second kappa shape index (κ2) is 7.88. The van der Waals surface area contributed by atoms with E-state index in [2.05, 4.69) is 15.3 Å². The van der Waals surface area contributed by atoms with E-state index in [0.29, 0.717) is 38.6 Å². The first-order chi connectivity index (χ1) is 14.4. The molecule has 8 nitrogen and oxygen atoms in total. The highest BCUT2D eigenvalue weighted by Crippen LogP contribution is 2.28. The molecule has 0 aliphatic rings. The van der Waals surface area contributed by atoms with Gasteiger partial charge in [-0.3, -0.25) is 19.7 Å². The molecule has 2 aromatic heterocycles. The molecule has 2 N–H and O–H groups in total. The number of hydrogen-bond acceptors (Lipinski definition) is 6. The molecule has 0 saturated carbocycles.